The number of ether oxygens (including phenoxy) is 1. The summed E-state index contributed by atoms with van der Waals surface area (Å²) in [6.45, 7) is 5.64. The van der Waals surface area contributed by atoms with Crippen LogP contribution in [-0.4, -0.2) is 50.2 Å². The fourth-order valence-corrected chi connectivity index (χ4v) is 3.92. The van der Waals surface area contributed by atoms with Crippen molar-refractivity contribution in [3.63, 3.8) is 0 Å². The molecule has 122 valence electrons. The van der Waals surface area contributed by atoms with Gasteiger partial charge in [0.2, 0.25) is 0 Å². The third-order valence-corrected chi connectivity index (χ3v) is 4.90. The van der Waals surface area contributed by atoms with E-state index in [9.17, 15) is 4.79 Å². The van der Waals surface area contributed by atoms with Crippen LogP contribution in [0.2, 0.25) is 0 Å². The number of piperidine rings is 1. The molecule has 0 radical (unpaired) electrons. The van der Waals surface area contributed by atoms with Crippen molar-refractivity contribution in [2.75, 3.05) is 33.3 Å². The molecule has 0 aromatic rings. The first kappa shape index (κ1) is 16.8. The highest BCUT2D eigenvalue weighted by Gasteiger charge is 2.27. The molecule has 4 heteroatoms. The first-order valence-corrected chi connectivity index (χ1v) is 8.75. The van der Waals surface area contributed by atoms with Crippen LogP contribution in [0.25, 0.3) is 0 Å². The maximum Gasteiger partial charge on any atom is 0.306 e. The summed E-state index contributed by atoms with van der Waals surface area (Å²) in [7, 11) is 2.16. The van der Waals surface area contributed by atoms with Gasteiger partial charge < -0.3 is 15.0 Å². The molecule has 0 aromatic carbocycles. The van der Waals surface area contributed by atoms with Crippen LogP contribution in [0.1, 0.15) is 51.9 Å². The van der Waals surface area contributed by atoms with Crippen molar-refractivity contribution >= 4 is 5.97 Å². The standard InChI is InChI=1S/C17H32N2O2/c1-3-21-17(20)10-15-9-16(13-19(2)12-15)18-11-14-7-5-4-6-8-14/h14-16,18H,3-13H2,1-2H3. The summed E-state index contributed by atoms with van der Waals surface area (Å²) in [5.74, 6) is 1.27. The van der Waals surface area contributed by atoms with Gasteiger partial charge >= 0.3 is 5.97 Å². The minimum Gasteiger partial charge on any atom is -0.466 e. The zero-order valence-corrected chi connectivity index (χ0v) is 13.8. The molecule has 0 bridgehead atoms. The van der Waals surface area contributed by atoms with E-state index in [0.29, 0.717) is 25.0 Å². The lowest BCUT2D eigenvalue weighted by molar-refractivity contribution is -0.144. The van der Waals surface area contributed by atoms with E-state index >= 15 is 0 Å². The van der Waals surface area contributed by atoms with Gasteiger partial charge in [-0.2, -0.15) is 0 Å². The minimum atomic E-state index is -0.0381. The molecule has 21 heavy (non-hydrogen) atoms. The second-order valence-corrected chi connectivity index (χ2v) is 6.94. The summed E-state index contributed by atoms with van der Waals surface area (Å²) in [5, 5.41) is 3.76. The number of carbonyl (C=O) groups is 1. The molecule has 2 unspecified atom stereocenters. The summed E-state index contributed by atoms with van der Waals surface area (Å²) in [6.07, 6.45) is 8.69. The number of rotatable bonds is 6. The molecule has 0 amide bonds. The molecule has 2 aliphatic rings. The van der Waals surface area contributed by atoms with E-state index in [1.165, 1.54) is 32.1 Å². The van der Waals surface area contributed by atoms with E-state index in [1.54, 1.807) is 0 Å². The number of esters is 1. The van der Waals surface area contributed by atoms with Gasteiger partial charge in [0.15, 0.2) is 0 Å². The van der Waals surface area contributed by atoms with Crippen molar-refractivity contribution in [3.05, 3.63) is 0 Å². The molecule has 0 spiro atoms. The Kier molecular flexibility index (Phi) is 6.97. The van der Waals surface area contributed by atoms with Gasteiger partial charge in [0.05, 0.1) is 6.61 Å². The Hall–Kier alpha value is -0.610. The van der Waals surface area contributed by atoms with Crippen molar-refractivity contribution in [2.45, 2.75) is 57.9 Å². The molecule has 2 fully saturated rings. The zero-order valence-electron chi connectivity index (χ0n) is 13.8. The average molecular weight is 296 g/mol. The third-order valence-electron chi connectivity index (χ3n) is 4.90. The maximum atomic E-state index is 11.7. The first-order valence-electron chi connectivity index (χ1n) is 8.75. The smallest absolute Gasteiger partial charge is 0.306 e. The summed E-state index contributed by atoms with van der Waals surface area (Å²) < 4.78 is 5.09. The second kappa shape index (κ2) is 8.74. The lowest BCUT2D eigenvalue weighted by atomic mass is 9.88. The van der Waals surface area contributed by atoms with Gasteiger partial charge in [0, 0.05) is 25.6 Å². The third kappa shape index (κ3) is 5.95. The molecule has 1 N–H and O–H groups in total. The zero-order chi connectivity index (χ0) is 15.1. The first-order chi connectivity index (χ1) is 10.2. The molecular weight excluding hydrogens is 264 g/mol. The largest absolute Gasteiger partial charge is 0.466 e. The van der Waals surface area contributed by atoms with Crippen molar-refractivity contribution in [1.29, 1.82) is 0 Å². The topological polar surface area (TPSA) is 41.6 Å². The summed E-state index contributed by atoms with van der Waals surface area (Å²) >= 11 is 0. The minimum absolute atomic E-state index is 0.0381. The molecule has 1 heterocycles. The number of hydrogen-bond donors (Lipinski definition) is 1. The second-order valence-electron chi connectivity index (χ2n) is 6.94. The SMILES string of the molecule is CCOC(=O)CC1CC(NCC2CCCCC2)CN(C)C1. The highest BCUT2D eigenvalue weighted by Crippen LogP contribution is 2.24. The average Bonchev–Trinajstić information content (AvgIpc) is 2.46. The molecular formula is C17H32N2O2. The van der Waals surface area contributed by atoms with Gasteiger partial charge in [-0.1, -0.05) is 19.3 Å². The van der Waals surface area contributed by atoms with Crippen molar-refractivity contribution in [2.24, 2.45) is 11.8 Å². The quantitative estimate of drug-likeness (QED) is 0.764. The number of nitrogens with zero attached hydrogens (tertiary/aromatic N) is 1. The number of likely N-dealkylation sites (N-methyl/N-ethyl adjacent to an activating group) is 1. The van der Waals surface area contributed by atoms with E-state index < -0.39 is 0 Å². The lowest BCUT2D eigenvalue weighted by Crippen LogP contribution is -2.49. The fraction of sp³-hybridized carbons (Fsp3) is 0.941. The molecule has 4 nitrogen and oxygen atoms in total. The molecule has 2 atom stereocenters. The molecule has 2 rings (SSSR count). The van der Waals surface area contributed by atoms with Crippen LogP contribution in [0, 0.1) is 11.8 Å². The van der Waals surface area contributed by atoms with Crippen LogP contribution in [0.5, 0.6) is 0 Å². The van der Waals surface area contributed by atoms with E-state index in [4.69, 9.17) is 4.74 Å². The molecule has 1 aliphatic heterocycles. The van der Waals surface area contributed by atoms with Gasteiger partial charge in [0.1, 0.15) is 0 Å². The summed E-state index contributed by atoms with van der Waals surface area (Å²) in [5.41, 5.74) is 0. The van der Waals surface area contributed by atoms with Crippen LogP contribution in [-0.2, 0) is 9.53 Å². The summed E-state index contributed by atoms with van der Waals surface area (Å²) in [4.78, 5) is 14.0. The van der Waals surface area contributed by atoms with E-state index in [1.807, 2.05) is 6.92 Å². The molecule has 1 saturated heterocycles. The molecule has 1 saturated carbocycles. The van der Waals surface area contributed by atoms with Crippen molar-refractivity contribution in [3.8, 4) is 0 Å². The van der Waals surface area contributed by atoms with Gasteiger partial charge in [0.25, 0.3) is 0 Å². The number of likely N-dealkylation sites (tertiary alicyclic amines) is 1. The Morgan fingerprint density at radius 2 is 1.95 bits per heavy atom. The highest BCUT2D eigenvalue weighted by atomic mass is 16.5. The Morgan fingerprint density at radius 1 is 1.19 bits per heavy atom. The Morgan fingerprint density at radius 3 is 2.67 bits per heavy atom. The maximum absolute atomic E-state index is 11.7. The van der Waals surface area contributed by atoms with Gasteiger partial charge in [-0.3, -0.25) is 4.79 Å². The van der Waals surface area contributed by atoms with Crippen LogP contribution in [0.3, 0.4) is 0 Å². The predicted molar refractivity (Wildman–Crippen MR) is 85.2 cm³/mol. The van der Waals surface area contributed by atoms with Crippen LogP contribution in [0.15, 0.2) is 0 Å². The fourth-order valence-electron chi connectivity index (χ4n) is 3.92. The predicted octanol–water partition coefficient (Wildman–Crippen LogP) is 2.43. The lowest BCUT2D eigenvalue weighted by Gasteiger charge is -2.36. The van der Waals surface area contributed by atoms with Crippen LogP contribution < -0.4 is 5.32 Å². The number of hydrogen-bond acceptors (Lipinski definition) is 4. The highest BCUT2D eigenvalue weighted by molar-refractivity contribution is 5.69. The number of carbonyl (C=O) groups excluding carboxylic acids is 1. The molecule has 1 aliphatic carbocycles. The van der Waals surface area contributed by atoms with Gasteiger partial charge in [-0.05, 0) is 51.6 Å². The monoisotopic (exact) mass is 296 g/mol. The van der Waals surface area contributed by atoms with Crippen molar-refractivity contribution < 1.29 is 9.53 Å². The van der Waals surface area contributed by atoms with Gasteiger partial charge in [-0.25, -0.2) is 0 Å². The van der Waals surface area contributed by atoms with Gasteiger partial charge in [-0.15, -0.1) is 0 Å². The summed E-state index contributed by atoms with van der Waals surface area (Å²) in [6, 6.07) is 0.533. The Bertz CT molecular complexity index is 316. The van der Waals surface area contributed by atoms with Crippen LogP contribution >= 0.6 is 0 Å². The molecule has 0 aromatic heterocycles. The number of nitrogens with one attached hydrogen (secondary N) is 1. The van der Waals surface area contributed by atoms with E-state index in [-0.39, 0.29) is 5.97 Å². The van der Waals surface area contributed by atoms with Crippen molar-refractivity contribution in [1.82, 2.24) is 10.2 Å². The normalized spacial score (nSPS) is 28.5. The van der Waals surface area contributed by atoms with Crippen LogP contribution in [0.4, 0.5) is 0 Å². The van der Waals surface area contributed by atoms with E-state index in [2.05, 4.69) is 17.3 Å². The Balaban J connectivity index is 1.73. The Labute approximate surface area is 129 Å². The van der Waals surface area contributed by atoms with E-state index in [0.717, 1.165) is 32.0 Å².